The molecule has 1 aromatic carbocycles. The fourth-order valence-corrected chi connectivity index (χ4v) is 2.50. The Hall–Kier alpha value is -2.93. The molecule has 0 unspecified atom stereocenters. The van der Waals surface area contributed by atoms with Crippen molar-refractivity contribution in [2.24, 2.45) is 0 Å². The second-order valence-electron chi connectivity index (χ2n) is 5.16. The first-order valence-corrected chi connectivity index (χ1v) is 8.05. The lowest BCUT2D eigenvalue weighted by atomic mass is 10.2. The topological polar surface area (TPSA) is 81.9 Å². The molecule has 8 heteroatoms. The molecule has 0 aliphatic rings. The zero-order valence-corrected chi connectivity index (χ0v) is 14.5. The Kier molecular flexibility index (Phi) is 4.95. The minimum atomic E-state index is -0.389. The summed E-state index contributed by atoms with van der Waals surface area (Å²) < 4.78 is 6.97. The third kappa shape index (κ3) is 3.61. The fraction of sp³-hybridized carbons (Fsp3) is 0.176. The molecule has 0 fully saturated rings. The van der Waals surface area contributed by atoms with Crippen LogP contribution in [0.3, 0.4) is 0 Å². The molecular formula is C17H16ClN5O2. The Morgan fingerprint density at radius 3 is 2.92 bits per heavy atom. The van der Waals surface area contributed by atoms with Gasteiger partial charge in [-0.05, 0) is 44.2 Å². The number of benzene rings is 1. The van der Waals surface area contributed by atoms with Crippen molar-refractivity contribution in [3.8, 4) is 11.6 Å². The van der Waals surface area contributed by atoms with E-state index in [1.165, 1.54) is 0 Å². The highest BCUT2D eigenvalue weighted by Crippen LogP contribution is 2.22. The molecule has 0 radical (unpaired) electrons. The number of aromatic nitrogens is 4. The van der Waals surface area contributed by atoms with Crippen molar-refractivity contribution in [1.29, 1.82) is 0 Å². The quantitative estimate of drug-likeness (QED) is 0.757. The van der Waals surface area contributed by atoms with Gasteiger partial charge in [0, 0.05) is 11.2 Å². The van der Waals surface area contributed by atoms with Crippen molar-refractivity contribution in [3.05, 3.63) is 59.0 Å². The molecule has 0 aliphatic carbocycles. The SMILES string of the molecule is CCOc1ncccc1NC(=O)c1nnn(-c2cccc(Cl)c2)c1C. The van der Waals surface area contributed by atoms with Crippen molar-refractivity contribution < 1.29 is 9.53 Å². The Morgan fingerprint density at radius 1 is 1.32 bits per heavy atom. The average molecular weight is 358 g/mol. The summed E-state index contributed by atoms with van der Waals surface area (Å²) in [6, 6.07) is 10.6. The Balaban J connectivity index is 1.87. The zero-order valence-electron chi connectivity index (χ0n) is 13.7. The largest absolute Gasteiger partial charge is 0.476 e. The summed E-state index contributed by atoms with van der Waals surface area (Å²) >= 11 is 6.01. The van der Waals surface area contributed by atoms with Crippen LogP contribution in [-0.2, 0) is 0 Å². The zero-order chi connectivity index (χ0) is 17.8. The summed E-state index contributed by atoms with van der Waals surface area (Å²) in [6.07, 6.45) is 1.60. The van der Waals surface area contributed by atoms with Gasteiger partial charge in [0.05, 0.1) is 18.0 Å². The van der Waals surface area contributed by atoms with Crippen LogP contribution < -0.4 is 10.1 Å². The van der Waals surface area contributed by atoms with Crippen molar-refractivity contribution >= 4 is 23.2 Å². The Bertz CT molecular complexity index is 910. The molecule has 1 amide bonds. The minimum absolute atomic E-state index is 0.214. The average Bonchev–Trinajstić information content (AvgIpc) is 2.98. The normalized spacial score (nSPS) is 10.5. The number of hydrogen-bond acceptors (Lipinski definition) is 5. The molecule has 1 N–H and O–H groups in total. The van der Waals surface area contributed by atoms with Crippen LogP contribution in [0.15, 0.2) is 42.6 Å². The molecule has 2 heterocycles. The van der Waals surface area contributed by atoms with E-state index in [2.05, 4.69) is 20.6 Å². The van der Waals surface area contributed by atoms with Crippen molar-refractivity contribution in [1.82, 2.24) is 20.0 Å². The van der Waals surface area contributed by atoms with Gasteiger partial charge in [0.15, 0.2) is 5.69 Å². The lowest BCUT2D eigenvalue weighted by Crippen LogP contribution is -2.15. The van der Waals surface area contributed by atoms with Gasteiger partial charge >= 0.3 is 0 Å². The van der Waals surface area contributed by atoms with Gasteiger partial charge in [-0.15, -0.1) is 5.10 Å². The van der Waals surface area contributed by atoms with E-state index in [-0.39, 0.29) is 11.6 Å². The minimum Gasteiger partial charge on any atom is -0.476 e. The first-order chi connectivity index (χ1) is 12.1. The number of amides is 1. The van der Waals surface area contributed by atoms with Crippen LogP contribution in [0.4, 0.5) is 5.69 Å². The molecule has 0 atom stereocenters. The third-order valence-corrected chi connectivity index (χ3v) is 3.70. The smallest absolute Gasteiger partial charge is 0.278 e. The summed E-state index contributed by atoms with van der Waals surface area (Å²) in [6.45, 7) is 4.06. The number of ether oxygens (including phenoxy) is 1. The molecule has 0 aliphatic heterocycles. The van der Waals surface area contributed by atoms with Gasteiger partial charge in [0.25, 0.3) is 5.91 Å². The molecule has 0 saturated carbocycles. The number of rotatable bonds is 5. The highest BCUT2D eigenvalue weighted by Gasteiger charge is 2.19. The number of carbonyl (C=O) groups is 1. The number of carbonyl (C=O) groups excluding carboxylic acids is 1. The maximum Gasteiger partial charge on any atom is 0.278 e. The number of halogens is 1. The fourth-order valence-electron chi connectivity index (χ4n) is 2.31. The maximum atomic E-state index is 12.6. The van der Waals surface area contributed by atoms with E-state index < -0.39 is 0 Å². The van der Waals surface area contributed by atoms with Crippen LogP contribution in [-0.4, -0.2) is 32.5 Å². The Labute approximate surface area is 149 Å². The molecule has 7 nitrogen and oxygen atoms in total. The van der Waals surface area contributed by atoms with Crippen molar-refractivity contribution in [2.45, 2.75) is 13.8 Å². The number of nitrogens with one attached hydrogen (secondary N) is 1. The first kappa shape index (κ1) is 16.9. The molecule has 2 aromatic heterocycles. The van der Waals surface area contributed by atoms with Gasteiger partial charge in [0.2, 0.25) is 5.88 Å². The number of pyridine rings is 1. The van der Waals surface area contributed by atoms with E-state index >= 15 is 0 Å². The van der Waals surface area contributed by atoms with Crippen molar-refractivity contribution in [2.75, 3.05) is 11.9 Å². The summed E-state index contributed by atoms with van der Waals surface area (Å²) in [4.78, 5) is 16.7. The standard InChI is InChI=1S/C17H16ClN5O2/c1-3-25-17-14(8-5-9-19-17)20-16(24)15-11(2)23(22-21-15)13-7-4-6-12(18)10-13/h4-10H,3H2,1-2H3,(H,20,24). The monoisotopic (exact) mass is 357 g/mol. The summed E-state index contributed by atoms with van der Waals surface area (Å²) in [5, 5.41) is 11.4. The lowest BCUT2D eigenvalue weighted by Gasteiger charge is -2.09. The predicted octanol–water partition coefficient (Wildman–Crippen LogP) is 3.28. The Morgan fingerprint density at radius 2 is 2.16 bits per heavy atom. The van der Waals surface area contributed by atoms with Crippen LogP contribution >= 0.6 is 11.6 Å². The molecule has 3 rings (SSSR count). The summed E-state index contributed by atoms with van der Waals surface area (Å²) in [7, 11) is 0. The summed E-state index contributed by atoms with van der Waals surface area (Å²) in [5.74, 6) is -0.0297. The molecule has 25 heavy (non-hydrogen) atoms. The highest BCUT2D eigenvalue weighted by atomic mass is 35.5. The van der Waals surface area contributed by atoms with E-state index in [1.54, 1.807) is 42.1 Å². The van der Waals surface area contributed by atoms with Gasteiger partial charge in [-0.1, -0.05) is 22.9 Å². The van der Waals surface area contributed by atoms with Crippen LogP contribution in [0.2, 0.25) is 5.02 Å². The number of nitrogens with zero attached hydrogens (tertiary/aromatic N) is 4. The maximum absolute atomic E-state index is 12.6. The highest BCUT2D eigenvalue weighted by molar-refractivity contribution is 6.30. The predicted molar refractivity (Wildman–Crippen MR) is 94.5 cm³/mol. The summed E-state index contributed by atoms with van der Waals surface area (Å²) in [5.41, 5.74) is 2.02. The third-order valence-electron chi connectivity index (χ3n) is 3.46. The van der Waals surface area contributed by atoms with Gasteiger partial charge in [-0.25, -0.2) is 9.67 Å². The van der Waals surface area contributed by atoms with E-state index in [0.717, 1.165) is 5.69 Å². The van der Waals surface area contributed by atoms with Crippen LogP contribution in [0.25, 0.3) is 5.69 Å². The van der Waals surface area contributed by atoms with E-state index in [4.69, 9.17) is 16.3 Å². The second kappa shape index (κ2) is 7.31. The molecule has 0 spiro atoms. The van der Waals surface area contributed by atoms with E-state index in [1.807, 2.05) is 19.1 Å². The molecule has 0 saturated heterocycles. The van der Waals surface area contributed by atoms with E-state index in [9.17, 15) is 4.79 Å². The van der Waals surface area contributed by atoms with E-state index in [0.29, 0.717) is 28.9 Å². The van der Waals surface area contributed by atoms with Gasteiger partial charge in [0.1, 0.15) is 5.69 Å². The van der Waals surface area contributed by atoms with Crippen LogP contribution in [0, 0.1) is 6.92 Å². The number of hydrogen-bond donors (Lipinski definition) is 1. The number of anilines is 1. The molecule has 3 aromatic rings. The van der Waals surface area contributed by atoms with Crippen LogP contribution in [0.1, 0.15) is 23.1 Å². The van der Waals surface area contributed by atoms with Gasteiger partial charge in [-0.2, -0.15) is 0 Å². The molecular weight excluding hydrogens is 342 g/mol. The van der Waals surface area contributed by atoms with Crippen molar-refractivity contribution in [3.63, 3.8) is 0 Å². The second-order valence-corrected chi connectivity index (χ2v) is 5.59. The molecule has 0 bridgehead atoms. The lowest BCUT2D eigenvalue weighted by molar-refractivity contribution is 0.102. The van der Waals surface area contributed by atoms with Crippen LogP contribution in [0.5, 0.6) is 5.88 Å². The van der Waals surface area contributed by atoms with Gasteiger partial charge < -0.3 is 10.1 Å². The molecule has 128 valence electrons. The van der Waals surface area contributed by atoms with Gasteiger partial charge in [-0.3, -0.25) is 4.79 Å². The first-order valence-electron chi connectivity index (χ1n) is 7.67.